The molecule has 1 aromatic rings. The number of halogens is 1. The molecule has 2 aliphatic heterocycles. The highest BCUT2D eigenvalue weighted by Gasteiger charge is 2.27. The summed E-state index contributed by atoms with van der Waals surface area (Å²) in [6, 6.07) is 4.83. The Morgan fingerprint density at radius 1 is 1.30 bits per heavy atom. The van der Waals surface area contributed by atoms with Crippen molar-refractivity contribution in [2.75, 3.05) is 18.8 Å². The molecule has 0 saturated carbocycles. The highest BCUT2D eigenvalue weighted by molar-refractivity contribution is 7.99. The summed E-state index contributed by atoms with van der Waals surface area (Å²) in [5.41, 5.74) is 0.934. The molecule has 2 aliphatic rings. The van der Waals surface area contributed by atoms with Gasteiger partial charge < -0.3 is 10.6 Å². The monoisotopic (exact) mass is 294 g/mol. The number of hydrogen-bond acceptors (Lipinski definition) is 3. The van der Waals surface area contributed by atoms with Crippen LogP contribution in [0.3, 0.4) is 0 Å². The number of nitrogens with one attached hydrogen (secondary N) is 2. The number of thioether (sulfide) groups is 1. The van der Waals surface area contributed by atoms with Crippen LogP contribution in [0.25, 0.3) is 0 Å². The molecule has 1 atom stereocenters. The summed E-state index contributed by atoms with van der Waals surface area (Å²) >= 11 is 1.74. The number of benzene rings is 1. The Bertz CT molecular complexity index is 503. The molecule has 0 radical (unpaired) electrons. The molecule has 1 aromatic carbocycles. The van der Waals surface area contributed by atoms with E-state index >= 15 is 0 Å². The minimum atomic E-state index is -0.229. The molecule has 3 nitrogen and oxygen atoms in total. The number of rotatable bonds is 2. The molecule has 108 valence electrons. The molecule has 3 rings (SSSR count). The molecule has 20 heavy (non-hydrogen) atoms. The van der Waals surface area contributed by atoms with Crippen molar-refractivity contribution in [3.63, 3.8) is 0 Å². The predicted molar refractivity (Wildman–Crippen MR) is 78.2 cm³/mol. The third-order valence-corrected chi connectivity index (χ3v) is 5.16. The number of carbonyl (C=O) groups is 1. The quantitative estimate of drug-likeness (QED) is 0.880. The molecule has 0 aliphatic carbocycles. The van der Waals surface area contributed by atoms with Crippen molar-refractivity contribution >= 4 is 17.7 Å². The van der Waals surface area contributed by atoms with Crippen LogP contribution >= 0.6 is 11.8 Å². The first-order chi connectivity index (χ1) is 9.74. The summed E-state index contributed by atoms with van der Waals surface area (Å²) in [4.78, 5) is 13.4. The first-order valence-corrected chi connectivity index (χ1v) is 8.16. The maximum absolute atomic E-state index is 13.4. The van der Waals surface area contributed by atoms with Gasteiger partial charge in [0.25, 0.3) is 0 Å². The summed E-state index contributed by atoms with van der Waals surface area (Å²) < 4.78 is 13.4. The van der Waals surface area contributed by atoms with Gasteiger partial charge in [-0.25, -0.2) is 4.39 Å². The molecule has 1 unspecified atom stereocenters. The number of hydrogen-bond donors (Lipinski definition) is 2. The smallest absolute Gasteiger partial charge is 0.223 e. The Morgan fingerprint density at radius 2 is 2.10 bits per heavy atom. The van der Waals surface area contributed by atoms with E-state index in [-0.39, 0.29) is 23.7 Å². The summed E-state index contributed by atoms with van der Waals surface area (Å²) in [5, 5.41) is 6.39. The summed E-state index contributed by atoms with van der Waals surface area (Å²) in [6.07, 6.45) is 2.66. The average Bonchev–Trinajstić information content (AvgIpc) is 2.49. The van der Waals surface area contributed by atoms with Gasteiger partial charge in [-0.15, -0.1) is 11.8 Å². The van der Waals surface area contributed by atoms with E-state index in [1.54, 1.807) is 17.8 Å². The Morgan fingerprint density at radius 3 is 2.90 bits per heavy atom. The summed E-state index contributed by atoms with van der Waals surface area (Å²) in [7, 11) is 0. The first-order valence-electron chi connectivity index (χ1n) is 7.17. The van der Waals surface area contributed by atoms with Crippen LogP contribution in [0, 0.1) is 11.7 Å². The third-order valence-electron chi connectivity index (χ3n) is 4.04. The molecule has 2 N–H and O–H groups in total. The minimum absolute atomic E-state index is 0.0377. The zero-order chi connectivity index (χ0) is 13.9. The normalized spacial score (nSPS) is 23.1. The average molecular weight is 294 g/mol. The van der Waals surface area contributed by atoms with Gasteiger partial charge in [-0.05, 0) is 56.1 Å². The van der Waals surface area contributed by atoms with Crippen molar-refractivity contribution in [2.45, 2.75) is 30.2 Å². The van der Waals surface area contributed by atoms with E-state index in [9.17, 15) is 9.18 Å². The second kappa shape index (κ2) is 6.14. The van der Waals surface area contributed by atoms with Gasteiger partial charge in [-0.2, -0.15) is 0 Å². The van der Waals surface area contributed by atoms with E-state index in [0.29, 0.717) is 0 Å². The van der Waals surface area contributed by atoms with Crippen molar-refractivity contribution in [1.82, 2.24) is 10.6 Å². The van der Waals surface area contributed by atoms with Gasteiger partial charge in [0.2, 0.25) is 5.91 Å². The second-order valence-corrected chi connectivity index (χ2v) is 6.54. The van der Waals surface area contributed by atoms with E-state index < -0.39 is 0 Å². The Kier molecular flexibility index (Phi) is 4.27. The molecular weight excluding hydrogens is 275 g/mol. The van der Waals surface area contributed by atoms with E-state index in [1.807, 2.05) is 6.07 Å². The lowest BCUT2D eigenvalue weighted by Crippen LogP contribution is -2.40. The Balaban J connectivity index is 1.72. The molecule has 5 heteroatoms. The van der Waals surface area contributed by atoms with Gasteiger partial charge >= 0.3 is 0 Å². The number of amides is 1. The lowest BCUT2D eigenvalue weighted by atomic mass is 9.95. The van der Waals surface area contributed by atoms with Gasteiger partial charge in [-0.1, -0.05) is 0 Å². The van der Waals surface area contributed by atoms with Crippen LogP contribution in [-0.2, 0) is 4.79 Å². The maximum Gasteiger partial charge on any atom is 0.223 e. The van der Waals surface area contributed by atoms with E-state index in [0.717, 1.165) is 48.6 Å². The summed E-state index contributed by atoms with van der Waals surface area (Å²) in [5.74, 6) is 0.962. The highest BCUT2D eigenvalue weighted by Crippen LogP contribution is 2.36. The van der Waals surface area contributed by atoms with E-state index in [1.165, 1.54) is 6.07 Å². The van der Waals surface area contributed by atoms with Gasteiger partial charge in [0.05, 0.1) is 6.04 Å². The molecule has 0 bridgehead atoms. The minimum Gasteiger partial charge on any atom is -0.349 e. The maximum atomic E-state index is 13.4. The van der Waals surface area contributed by atoms with Crippen molar-refractivity contribution in [3.05, 3.63) is 29.6 Å². The van der Waals surface area contributed by atoms with Crippen molar-refractivity contribution in [1.29, 1.82) is 0 Å². The van der Waals surface area contributed by atoms with Crippen molar-refractivity contribution in [2.24, 2.45) is 5.92 Å². The standard InChI is InChI=1S/C15H19FN2OS/c16-11-1-2-14-12(9-11)13(5-8-20-14)18-15(19)10-3-6-17-7-4-10/h1-2,9-10,13,17H,3-8H2,(H,18,19). The zero-order valence-electron chi connectivity index (χ0n) is 11.3. The van der Waals surface area contributed by atoms with Gasteiger partial charge in [0, 0.05) is 16.6 Å². The SMILES string of the molecule is O=C(NC1CCSc2ccc(F)cc21)C1CCNCC1. The topological polar surface area (TPSA) is 41.1 Å². The molecule has 1 fully saturated rings. The molecule has 1 amide bonds. The lowest BCUT2D eigenvalue weighted by Gasteiger charge is -2.29. The van der Waals surface area contributed by atoms with Crippen LogP contribution in [0.1, 0.15) is 30.9 Å². The fourth-order valence-corrected chi connectivity index (χ4v) is 3.99. The Labute approximate surface area is 122 Å². The van der Waals surface area contributed by atoms with Crippen LogP contribution in [0.5, 0.6) is 0 Å². The van der Waals surface area contributed by atoms with Gasteiger partial charge in [-0.3, -0.25) is 4.79 Å². The third kappa shape index (κ3) is 2.99. The number of fused-ring (bicyclic) bond motifs is 1. The van der Waals surface area contributed by atoms with Crippen LogP contribution in [-0.4, -0.2) is 24.7 Å². The highest BCUT2D eigenvalue weighted by atomic mass is 32.2. The van der Waals surface area contributed by atoms with Gasteiger partial charge in [0.1, 0.15) is 5.82 Å². The van der Waals surface area contributed by atoms with Crippen molar-refractivity contribution in [3.8, 4) is 0 Å². The van der Waals surface area contributed by atoms with Crippen LogP contribution in [0.4, 0.5) is 4.39 Å². The molecule has 0 aromatic heterocycles. The van der Waals surface area contributed by atoms with Crippen LogP contribution < -0.4 is 10.6 Å². The van der Waals surface area contributed by atoms with E-state index in [2.05, 4.69) is 10.6 Å². The van der Waals surface area contributed by atoms with Gasteiger partial charge in [0.15, 0.2) is 0 Å². The summed E-state index contributed by atoms with van der Waals surface area (Å²) in [6.45, 7) is 1.81. The van der Waals surface area contributed by atoms with Crippen LogP contribution in [0.2, 0.25) is 0 Å². The molecule has 0 spiro atoms. The van der Waals surface area contributed by atoms with Crippen LogP contribution in [0.15, 0.2) is 23.1 Å². The Hall–Kier alpha value is -1.07. The fraction of sp³-hybridized carbons (Fsp3) is 0.533. The number of carbonyl (C=O) groups excluding carboxylic acids is 1. The number of piperidine rings is 1. The molecule has 2 heterocycles. The zero-order valence-corrected chi connectivity index (χ0v) is 12.1. The first kappa shape index (κ1) is 13.9. The molecule has 1 saturated heterocycles. The molecular formula is C15H19FN2OS. The lowest BCUT2D eigenvalue weighted by molar-refractivity contribution is -0.126. The van der Waals surface area contributed by atoms with E-state index in [4.69, 9.17) is 0 Å². The predicted octanol–water partition coefficient (Wildman–Crippen LogP) is 2.48. The second-order valence-electron chi connectivity index (χ2n) is 5.40. The largest absolute Gasteiger partial charge is 0.349 e. The van der Waals surface area contributed by atoms with Crippen molar-refractivity contribution < 1.29 is 9.18 Å². The fourth-order valence-electron chi connectivity index (χ4n) is 2.89.